The topological polar surface area (TPSA) is 76.5 Å². The molecule has 0 radical (unpaired) electrons. The van der Waals surface area contributed by atoms with Crippen LogP contribution in [0.1, 0.15) is 51.3 Å². The van der Waals surface area contributed by atoms with E-state index in [-0.39, 0.29) is 30.2 Å². The Balaban J connectivity index is 1.57. The van der Waals surface area contributed by atoms with Crippen molar-refractivity contribution in [3.63, 3.8) is 0 Å². The lowest BCUT2D eigenvalue weighted by Gasteiger charge is -2.29. The summed E-state index contributed by atoms with van der Waals surface area (Å²) in [5.74, 6) is -0.797. The van der Waals surface area contributed by atoms with E-state index in [1.54, 1.807) is 13.8 Å². The summed E-state index contributed by atoms with van der Waals surface area (Å²) >= 11 is 0. The largest absolute Gasteiger partial charge is 0.416 e. The molecule has 0 bridgehead atoms. The number of amides is 1. The highest BCUT2D eigenvalue weighted by Gasteiger charge is 2.31. The van der Waals surface area contributed by atoms with Crippen LogP contribution in [-0.2, 0) is 19.1 Å². The third-order valence-corrected chi connectivity index (χ3v) is 6.16. The SMILES string of the molecule is COn1c(N[C@@H](C)c2ccc(C(F)(F)F)cc2)nc2c(c1=O)CN(C(=O)c1ccc(C)c(F)c1)CC2. The maximum atomic E-state index is 13.9. The average Bonchev–Trinajstić information content (AvgIpc) is 2.85. The standard InChI is InChI=1S/C25H24F4N4O3/c1-14-4-5-17(12-20(14)26)22(34)32-11-10-21-19(13-32)23(35)33(36-3)24(31-21)30-15(2)16-6-8-18(9-7-16)25(27,28)29/h4-9,12,15H,10-11,13H2,1-3H3,(H,30,31)/t15-/m0/s1. The number of hydrogen-bond acceptors (Lipinski definition) is 5. The number of nitrogens with one attached hydrogen (secondary N) is 1. The maximum absolute atomic E-state index is 13.9. The minimum absolute atomic E-state index is 0.0202. The summed E-state index contributed by atoms with van der Waals surface area (Å²) in [6, 6.07) is 8.43. The van der Waals surface area contributed by atoms with E-state index >= 15 is 0 Å². The van der Waals surface area contributed by atoms with Crippen molar-refractivity contribution >= 4 is 11.9 Å². The van der Waals surface area contributed by atoms with Gasteiger partial charge >= 0.3 is 6.18 Å². The Bertz CT molecular complexity index is 1350. The van der Waals surface area contributed by atoms with Gasteiger partial charge in [0.25, 0.3) is 11.5 Å². The number of carbonyl (C=O) groups excluding carboxylic acids is 1. The first-order valence-corrected chi connectivity index (χ1v) is 11.2. The molecule has 1 amide bonds. The van der Waals surface area contributed by atoms with Crippen LogP contribution in [0.25, 0.3) is 0 Å². The van der Waals surface area contributed by atoms with Crippen LogP contribution in [0, 0.1) is 12.7 Å². The number of aromatic nitrogens is 2. The summed E-state index contributed by atoms with van der Waals surface area (Å²) in [5, 5.41) is 3.02. The van der Waals surface area contributed by atoms with E-state index in [1.807, 2.05) is 0 Å². The molecule has 1 N–H and O–H groups in total. The highest BCUT2D eigenvalue weighted by molar-refractivity contribution is 5.94. The second-order valence-electron chi connectivity index (χ2n) is 8.57. The third kappa shape index (κ3) is 4.91. The molecule has 0 fully saturated rings. The smallest absolute Gasteiger partial charge is 0.411 e. The molecule has 2 aromatic carbocycles. The zero-order valence-electron chi connectivity index (χ0n) is 19.8. The van der Waals surface area contributed by atoms with Crippen molar-refractivity contribution in [1.29, 1.82) is 0 Å². The predicted octanol–water partition coefficient (Wildman–Crippen LogP) is 4.14. The molecule has 0 spiro atoms. The second-order valence-corrected chi connectivity index (χ2v) is 8.57. The van der Waals surface area contributed by atoms with Gasteiger partial charge in [0, 0.05) is 18.5 Å². The van der Waals surface area contributed by atoms with E-state index in [0.717, 1.165) is 16.9 Å². The van der Waals surface area contributed by atoms with E-state index in [1.165, 1.54) is 42.3 Å². The number of hydrogen-bond donors (Lipinski definition) is 1. The Morgan fingerprint density at radius 3 is 2.47 bits per heavy atom. The summed E-state index contributed by atoms with van der Waals surface area (Å²) in [4.78, 5) is 37.3. The van der Waals surface area contributed by atoms with Gasteiger partial charge in [0.15, 0.2) is 0 Å². The number of anilines is 1. The van der Waals surface area contributed by atoms with Gasteiger partial charge in [-0.2, -0.15) is 13.2 Å². The van der Waals surface area contributed by atoms with Crippen LogP contribution in [-0.4, -0.2) is 34.2 Å². The Labute approximate surface area is 204 Å². The molecule has 3 aromatic rings. The number of halogens is 4. The molecule has 1 atom stereocenters. The van der Waals surface area contributed by atoms with Gasteiger partial charge in [-0.1, -0.05) is 18.2 Å². The van der Waals surface area contributed by atoms with Crippen LogP contribution in [0.3, 0.4) is 0 Å². The van der Waals surface area contributed by atoms with Crippen LogP contribution < -0.4 is 15.7 Å². The van der Waals surface area contributed by atoms with Gasteiger partial charge in [-0.15, -0.1) is 4.73 Å². The molecule has 2 heterocycles. The quantitative estimate of drug-likeness (QED) is 0.529. The first-order valence-electron chi connectivity index (χ1n) is 11.2. The van der Waals surface area contributed by atoms with Gasteiger partial charge in [0.2, 0.25) is 5.95 Å². The molecular weight excluding hydrogens is 480 g/mol. The van der Waals surface area contributed by atoms with Crippen molar-refractivity contribution in [2.45, 2.75) is 39.0 Å². The zero-order chi connectivity index (χ0) is 26.2. The van der Waals surface area contributed by atoms with Gasteiger partial charge < -0.3 is 15.1 Å². The van der Waals surface area contributed by atoms with Gasteiger partial charge in [-0.05, 0) is 49.2 Å². The summed E-state index contributed by atoms with van der Waals surface area (Å²) in [5.41, 5.74) is 0.647. The van der Waals surface area contributed by atoms with Crippen molar-refractivity contribution in [3.05, 3.63) is 92.1 Å². The zero-order valence-corrected chi connectivity index (χ0v) is 19.8. The molecular formula is C25H24F4N4O3. The van der Waals surface area contributed by atoms with E-state index in [9.17, 15) is 27.2 Å². The van der Waals surface area contributed by atoms with E-state index in [4.69, 9.17) is 4.84 Å². The first kappa shape index (κ1) is 25.2. The van der Waals surface area contributed by atoms with Crippen molar-refractivity contribution in [1.82, 2.24) is 14.6 Å². The first-order chi connectivity index (χ1) is 17.0. The number of benzene rings is 2. The highest BCUT2D eigenvalue weighted by atomic mass is 19.4. The van der Waals surface area contributed by atoms with Crippen LogP contribution in [0.2, 0.25) is 0 Å². The van der Waals surface area contributed by atoms with Gasteiger partial charge in [0.05, 0.1) is 29.4 Å². The summed E-state index contributed by atoms with van der Waals surface area (Å²) in [6.07, 6.45) is -4.15. The lowest BCUT2D eigenvalue weighted by Crippen LogP contribution is -2.42. The van der Waals surface area contributed by atoms with Gasteiger partial charge in [-0.25, -0.2) is 9.37 Å². The Kier molecular flexibility index (Phi) is 6.75. The molecule has 1 aromatic heterocycles. The lowest BCUT2D eigenvalue weighted by molar-refractivity contribution is -0.137. The number of fused-ring (bicyclic) bond motifs is 1. The average molecular weight is 504 g/mol. The molecule has 190 valence electrons. The van der Waals surface area contributed by atoms with E-state index in [0.29, 0.717) is 23.2 Å². The molecule has 1 aliphatic heterocycles. The van der Waals surface area contributed by atoms with E-state index < -0.39 is 35.1 Å². The van der Waals surface area contributed by atoms with Crippen LogP contribution in [0.5, 0.6) is 0 Å². The molecule has 0 aliphatic carbocycles. The lowest BCUT2D eigenvalue weighted by atomic mass is 10.0. The van der Waals surface area contributed by atoms with Crippen molar-refractivity contribution in [2.24, 2.45) is 0 Å². The second kappa shape index (κ2) is 9.63. The Morgan fingerprint density at radius 2 is 1.86 bits per heavy atom. The summed E-state index contributed by atoms with van der Waals surface area (Å²) in [7, 11) is 1.28. The number of nitrogens with zero attached hydrogens (tertiary/aromatic N) is 3. The van der Waals surface area contributed by atoms with Gasteiger partial charge in [0.1, 0.15) is 12.9 Å². The Hall–Kier alpha value is -3.89. The maximum Gasteiger partial charge on any atom is 0.416 e. The third-order valence-electron chi connectivity index (χ3n) is 6.16. The molecule has 0 saturated heterocycles. The number of alkyl halides is 3. The van der Waals surface area contributed by atoms with Crippen LogP contribution in [0.15, 0.2) is 47.3 Å². The molecule has 4 rings (SSSR count). The van der Waals surface area contributed by atoms with Crippen molar-refractivity contribution in [2.75, 3.05) is 19.0 Å². The normalized spacial score (nSPS) is 14.2. The minimum Gasteiger partial charge on any atom is -0.411 e. The number of carbonyl (C=O) groups is 1. The summed E-state index contributed by atoms with van der Waals surface area (Å²) < 4.78 is 53.5. The van der Waals surface area contributed by atoms with E-state index in [2.05, 4.69) is 10.3 Å². The fourth-order valence-electron chi connectivity index (χ4n) is 4.04. The fraction of sp³-hybridized carbons (Fsp3) is 0.320. The highest BCUT2D eigenvalue weighted by Crippen LogP contribution is 2.30. The molecule has 0 unspecified atom stereocenters. The molecule has 7 nitrogen and oxygen atoms in total. The van der Waals surface area contributed by atoms with Crippen LogP contribution in [0.4, 0.5) is 23.5 Å². The van der Waals surface area contributed by atoms with Gasteiger partial charge in [-0.3, -0.25) is 9.59 Å². The predicted molar refractivity (Wildman–Crippen MR) is 124 cm³/mol. The fourth-order valence-corrected chi connectivity index (χ4v) is 4.04. The number of rotatable bonds is 5. The molecule has 1 aliphatic rings. The van der Waals surface area contributed by atoms with Crippen molar-refractivity contribution in [3.8, 4) is 0 Å². The molecule has 36 heavy (non-hydrogen) atoms. The summed E-state index contributed by atoms with van der Waals surface area (Å²) in [6.45, 7) is 3.57. The minimum atomic E-state index is -4.44. The monoisotopic (exact) mass is 504 g/mol. The van der Waals surface area contributed by atoms with Crippen LogP contribution >= 0.6 is 0 Å². The Morgan fingerprint density at radius 1 is 1.17 bits per heavy atom. The number of aryl methyl sites for hydroxylation is 1. The van der Waals surface area contributed by atoms with Crippen molar-refractivity contribution < 1.29 is 27.2 Å². The molecule has 0 saturated carbocycles. The molecule has 11 heteroatoms.